The van der Waals surface area contributed by atoms with Gasteiger partial charge in [-0.2, -0.15) is 10.1 Å². The highest BCUT2D eigenvalue weighted by atomic mass is 16.5. The maximum atomic E-state index is 6.26. The number of nitrogens with zero attached hydrogens (tertiary/aromatic N) is 9. The van der Waals surface area contributed by atoms with Gasteiger partial charge in [0.25, 0.3) is 0 Å². The van der Waals surface area contributed by atoms with Crippen molar-refractivity contribution in [2.75, 3.05) is 18.0 Å². The van der Waals surface area contributed by atoms with Gasteiger partial charge in [0.2, 0.25) is 11.8 Å². The molecule has 1 aliphatic heterocycles. The second-order valence-electron chi connectivity index (χ2n) is 7.33. The summed E-state index contributed by atoms with van der Waals surface area (Å²) in [5.74, 6) is 2.03. The summed E-state index contributed by atoms with van der Waals surface area (Å²) in [6.45, 7) is 6.48. The number of hydrogen-bond acceptors (Lipinski definition) is 8. The summed E-state index contributed by atoms with van der Waals surface area (Å²) in [6, 6.07) is 1.82. The van der Waals surface area contributed by atoms with Gasteiger partial charge in [-0.1, -0.05) is 0 Å². The predicted octanol–water partition coefficient (Wildman–Crippen LogP) is 2.00. The van der Waals surface area contributed by atoms with E-state index in [2.05, 4.69) is 36.9 Å². The number of fused-ring (bicyclic) bond motifs is 1. The Kier molecular flexibility index (Phi) is 4.53. The lowest BCUT2D eigenvalue weighted by Crippen LogP contribution is -2.26. The molecule has 0 aliphatic carbocycles. The summed E-state index contributed by atoms with van der Waals surface area (Å²) in [7, 11) is 1.95. The van der Waals surface area contributed by atoms with Crippen LogP contribution in [0.3, 0.4) is 0 Å². The molecule has 0 aromatic carbocycles. The molecule has 1 aliphatic rings. The molecule has 0 saturated carbocycles. The zero-order valence-electron chi connectivity index (χ0n) is 17.2. The van der Waals surface area contributed by atoms with E-state index in [1.54, 1.807) is 12.4 Å². The maximum Gasteiger partial charge on any atom is 0.245 e. The minimum atomic E-state index is -0.0121. The van der Waals surface area contributed by atoms with Crippen LogP contribution in [-0.2, 0) is 13.6 Å². The summed E-state index contributed by atoms with van der Waals surface area (Å²) < 4.78 is 10.2. The van der Waals surface area contributed by atoms with Crippen molar-refractivity contribution in [3.8, 4) is 17.3 Å². The van der Waals surface area contributed by atoms with Crippen LogP contribution < -0.4 is 9.64 Å². The topological polar surface area (TPSA) is 99.7 Å². The number of aryl methyl sites for hydroxylation is 2. The van der Waals surface area contributed by atoms with Gasteiger partial charge in [-0.05, 0) is 19.9 Å². The van der Waals surface area contributed by atoms with Crippen LogP contribution in [0.4, 0.5) is 5.95 Å². The fourth-order valence-corrected chi connectivity index (χ4v) is 3.91. The third kappa shape index (κ3) is 3.04. The minimum absolute atomic E-state index is 0.0121. The Labute approximate surface area is 173 Å². The monoisotopic (exact) mass is 405 g/mol. The van der Waals surface area contributed by atoms with Crippen LogP contribution in [0.1, 0.15) is 19.0 Å². The largest absolute Gasteiger partial charge is 0.471 e. The molecule has 0 amide bonds. The second-order valence-corrected chi connectivity index (χ2v) is 7.33. The van der Waals surface area contributed by atoms with Gasteiger partial charge < -0.3 is 14.2 Å². The molecule has 4 aromatic heterocycles. The molecule has 5 rings (SSSR count). The SMILES string of the molecule is CCn1ncc(-c2nc3c(OC4CCN(c5ncccn5)C4)ncnc3n2C)c1C. The van der Waals surface area contributed by atoms with E-state index in [0.29, 0.717) is 17.9 Å². The van der Waals surface area contributed by atoms with Gasteiger partial charge in [0.1, 0.15) is 18.3 Å². The third-order valence-corrected chi connectivity index (χ3v) is 5.52. The molecule has 5 heterocycles. The average Bonchev–Trinajstić information content (AvgIpc) is 3.47. The molecule has 1 fully saturated rings. The first-order valence-electron chi connectivity index (χ1n) is 10.0. The number of aromatic nitrogens is 8. The minimum Gasteiger partial charge on any atom is -0.471 e. The van der Waals surface area contributed by atoms with Crippen molar-refractivity contribution in [3.05, 3.63) is 36.7 Å². The quantitative estimate of drug-likeness (QED) is 0.497. The van der Waals surface area contributed by atoms with Crippen molar-refractivity contribution >= 4 is 17.1 Å². The van der Waals surface area contributed by atoms with Gasteiger partial charge in [0.05, 0.1) is 18.3 Å². The van der Waals surface area contributed by atoms with E-state index >= 15 is 0 Å². The van der Waals surface area contributed by atoms with Crippen molar-refractivity contribution in [2.24, 2.45) is 7.05 Å². The molecule has 1 saturated heterocycles. The lowest BCUT2D eigenvalue weighted by atomic mass is 10.2. The average molecular weight is 405 g/mol. The van der Waals surface area contributed by atoms with Crippen molar-refractivity contribution in [2.45, 2.75) is 32.9 Å². The lowest BCUT2D eigenvalue weighted by Gasteiger charge is -2.16. The van der Waals surface area contributed by atoms with Crippen molar-refractivity contribution in [1.29, 1.82) is 0 Å². The van der Waals surface area contributed by atoms with Crippen molar-refractivity contribution < 1.29 is 4.74 Å². The lowest BCUT2D eigenvalue weighted by molar-refractivity contribution is 0.218. The van der Waals surface area contributed by atoms with E-state index < -0.39 is 0 Å². The van der Waals surface area contributed by atoms with Crippen LogP contribution in [0, 0.1) is 6.92 Å². The van der Waals surface area contributed by atoms with Gasteiger partial charge in [-0.25, -0.2) is 19.9 Å². The summed E-state index contributed by atoms with van der Waals surface area (Å²) in [5.41, 5.74) is 3.45. The molecule has 0 bridgehead atoms. The Morgan fingerprint density at radius 1 is 1.17 bits per heavy atom. The second kappa shape index (κ2) is 7.36. The Bertz CT molecular complexity index is 1180. The molecule has 1 unspecified atom stereocenters. The van der Waals surface area contributed by atoms with E-state index in [-0.39, 0.29) is 6.10 Å². The number of imidazole rings is 1. The number of hydrogen-bond donors (Lipinski definition) is 0. The highest BCUT2D eigenvalue weighted by Gasteiger charge is 2.28. The standard InChI is InChI=1S/C20H23N9O/c1-4-29-13(2)15(10-25-29)17-26-16-18(27(17)3)23-12-24-19(16)30-14-6-9-28(11-14)20-21-7-5-8-22-20/h5,7-8,10,12,14H,4,6,9,11H2,1-3H3. The number of ether oxygens (including phenoxy) is 1. The zero-order chi connectivity index (χ0) is 20.7. The predicted molar refractivity (Wildman–Crippen MR) is 111 cm³/mol. The van der Waals surface area contributed by atoms with Crippen molar-refractivity contribution in [3.63, 3.8) is 0 Å². The third-order valence-electron chi connectivity index (χ3n) is 5.52. The fourth-order valence-electron chi connectivity index (χ4n) is 3.91. The van der Waals surface area contributed by atoms with Crippen LogP contribution in [0.5, 0.6) is 5.88 Å². The maximum absolute atomic E-state index is 6.26. The molecular formula is C20H23N9O. The first kappa shape index (κ1) is 18.5. The molecule has 30 heavy (non-hydrogen) atoms. The first-order valence-corrected chi connectivity index (χ1v) is 10.0. The molecule has 0 radical (unpaired) electrons. The van der Waals surface area contributed by atoms with E-state index in [0.717, 1.165) is 48.2 Å². The normalized spacial score (nSPS) is 16.5. The Hall–Kier alpha value is -3.56. The molecule has 10 heteroatoms. The first-order chi connectivity index (χ1) is 14.7. The highest BCUT2D eigenvalue weighted by Crippen LogP contribution is 2.30. The van der Waals surface area contributed by atoms with E-state index in [4.69, 9.17) is 9.72 Å². The van der Waals surface area contributed by atoms with E-state index in [1.165, 1.54) is 6.33 Å². The Morgan fingerprint density at radius 2 is 2.00 bits per heavy atom. The van der Waals surface area contributed by atoms with Crippen LogP contribution >= 0.6 is 0 Å². The van der Waals surface area contributed by atoms with Crippen LogP contribution in [-0.4, -0.2) is 58.5 Å². The van der Waals surface area contributed by atoms with Gasteiger partial charge >= 0.3 is 0 Å². The van der Waals surface area contributed by atoms with Crippen molar-refractivity contribution in [1.82, 2.24) is 39.3 Å². The summed E-state index contributed by atoms with van der Waals surface area (Å²) in [4.78, 5) is 24.4. The smallest absolute Gasteiger partial charge is 0.245 e. The highest BCUT2D eigenvalue weighted by molar-refractivity contribution is 5.81. The van der Waals surface area contributed by atoms with Gasteiger partial charge in [0, 0.05) is 44.6 Å². The summed E-state index contributed by atoms with van der Waals surface area (Å²) in [6.07, 6.45) is 7.74. The van der Waals surface area contributed by atoms with Gasteiger partial charge in [0.15, 0.2) is 11.2 Å². The van der Waals surface area contributed by atoms with Crippen LogP contribution in [0.25, 0.3) is 22.6 Å². The molecule has 1 atom stereocenters. The van der Waals surface area contributed by atoms with E-state index in [9.17, 15) is 0 Å². The van der Waals surface area contributed by atoms with Gasteiger partial charge in [-0.15, -0.1) is 0 Å². The zero-order valence-corrected chi connectivity index (χ0v) is 17.2. The fraction of sp³-hybridized carbons (Fsp3) is 0.400. The van der Waals surface area contributed by atoms with E-state index in [1.807, 2.05) is 35.5 Å². The molecule has 0 N–H and O–H groups in total. The Morgan fingerprint density at radius 3 is 2.77 bits per heavy atom. The summed E-state index contributed by atoms with van der Waals surface area (Å²) >= 11 is 0. The Balaban J connectivity index is 1.44. The molecule has 10 nitrogen and oxygen atoms in total. The van der Waals surface area contributed by atoms with Gasteiger partial charge in [-0.3, -0.25) is 4.68 Å². The molecule has 154 valence electrons. The van der Waals surface area contributed by atoms with Crippen LogP contribution in [0.2, 0.25) is 0 Å². The number of rotatable bonds is 5. The van der Waals surface area contributed by atoms with Crippen LogP contribution in [0.15, 0.2) is 31.0 Å². The molecule has 4 aromatic rings. The molecule has 0 spiro atoms. The summed E-state index contributed by atoms with van der Waals surface area (Å²) in [5, 5.41) is 4.44. The number of anilines is 1. The molecular weight excluding hydrogens is 382 g/mol.